The molecule has 3 aromatic carbocycles. The lowest BCUT2D eigenvalue weighted by Gasteiger charge is -2.24. The molecule has 1 heterocycles. The van der Waals surface area contributed by atoms with Gasteiger partial charge in [-0.3, -0.25) is 9.10 Å². The van der Waals surface area contributed by atoms with Crippen LogP contribution in [0.4, 0.5) is 5.69 Å². The number of halogens is 2. The molecule has 1 N–H and O–H groups in total. The predicted molar refractivity (Wildman–Crippen MR) is 162 cm³/mol. The summed E-state index contributed by atoms with van der Waals surface area (Å²) in [6, 6.07) is 19.8. The molecule has 0 radical (unpaired) electrons. The zero-order valence-corrected chi connectivity index (χ0v) is 25.1. The van der Waals surface area contributed by atoms with Crippen molar-refractivity contribution in [2.24, 2.45) is 5.10 Å². The standard InChI is InChI=1S/C29H28Cl2N4O5S/c1-19-14-21(20(2)35(19)23-10-12-25(30)26(31)15-23)17-32-33-29(36)18-34(22-8-6-5-7-9-22)41(37,38)24-11-13-27(39-3)28(16-24)40-4/h5-17H,18H2,1-4H3,(H,33,36)/b32-17-. The minimum atomic E-state index is -4.17. The normalized spacial score (nSPS) is 11.5. The summed E-state index contributed by atoms with van der Waals surface area (Å²) in [6.45, 7) is 3.33. The number of hydrogen-bond acceptors (Lipinski definition) is 6. The van der Waals surface area contributed by atoms with Crippen molar-refractivity contribution < 1.29 is 22.7 Å². The molecule has 0 spiro atoms. The molecule has 0 unspecified atom stereocenters. The number of nitrogens with zero attached hydrogens (tertiary/aromatic N) is 3. The van der Waals surface area contributed by atoms with Crippen LogP contribution in [-0.4, -0.2) is 45.9 Å². The van der Waals surface area contributed by atoms with Gasteiger partial charge in [0.05, 0.1) is 41.1 Å². The van der Waals surface area contributed by atoms with Crippen LogP contribution >= 0.6 is 23.2 Å². The number of aryl methyl sites for hydroxylation is 1. The average Bonchev–Trinajstić information content (AvgIpc) is 3.25. The van der Waals surface area contributed by atoms with Crippen molar-refractivity contribution in [1.82, 2.24) is 9.99 Å². The van der Waals surface area contributed by atoms with Gasteiger partial charge in [-0.1, -0.05) is 41.4 Å². The third-order valence-corrected chi connectivity index (χ3v) is 8.81. The van der Waals surface area contributed by atoms with Crippen LogP contribution in [0.25, 0.3) is 5.69 Å². The van der Waals surface area contributed by atoms with E-state index >= 15 is 0 Å². The Hall–Kier alpha value is -3.99. The highest BCUT2D eigenvalue weighted by Crippen LogP contribution is 2.32. The zero-order valence-electron chi connectivity index (χ0n) is 22.8. The smallest absolute Gasteiger partial charge is 0.264 e. The number of para-hydroxylation sites is 1. The van der Waals surface area contributed by atoms with Gasteiger partial charge in [-0.2, -0.15) is 5.10 Å². The summed E-state index contributed by atoms with van der Waals surface area (Å²) >= 11 is 12.3. The molecule has 0 aliphatic carbocycles. The van der Waals surface area contributed by atoms with E-state index in [2.05, 4.69) is 10.5 Å². The lowest BCUT2D eigenvalue weighted by atomic mass is 10.2. The molecule has 1 amide bonds. The van der Waals surface area contributed by atoms with Crippen LogP contribution in [0.5, 0.6) is 11.5 Å². The molecule has 0 aliphatic heterocycles. The van der Waals surface area contributed by atoms with Crippen molar-refractivity contribution in [3.05, 3.63) is 99.8 Å². The van der Waals surface area contributed by atoms with E-state index in [0.29, 0.717) is 21.5 Å². The lowest BCUT2D eigenvalue weighted by Crippen LogP contribution is -2.39. The lowest BCUT2D eigenvalue weighted by molar-refractivity contribution is -0.119. The van der Waals surface area contributed by atoms with Crippen LogP contribution in [0.15, 0.2) is 82.8 Å². The SMILES string of the molecule is COc1ccc(S(=O)(=O)N(CC(=O)N/N=C\c2cc(C)n(-c3ccc(Cl)c(Cl)c3)c2C)c2ccccc2)cc1OC. The van der Waals surface area contributed by atoms with E-state index in [4.69, 9.17) is 32.7 Å². The summed E-state index contributed by atoms with van der Waals surface area (Å²) in [5.74, 6) is -0.00938. The Balaban J connectivity index is 1.56. The fourth-order valence-corrected chi connectivity index (χ4v) is 6.02. The maximum absolute atomic E-state index is 13.7. The summed E-state index contributed by atoms with van der Waals surface area (Å²) in [4.78, 5) is 12.9. The van der Waals surface area contributed by atoms with Crippen LogP contribution in [0.3, 0.4) is 0 Å². The molecule has 0 aliphatic rings. The first-order chi connectivity index (χ1) is 19.6. The third kappa shape index (κ3) is 6.51. The van der Waals surface area contributed by atoms with Gasteiger partial charge in [-0.15, -0.1) is 0 Å². The van der Waals surface area contributed by atoms with Gasteiger partial charge in [0.25, 0.3) is 15.9 Å². The van der Waals surface area contributed by atoms with Crippen molar-refractivity contribution in [2.75, 3.05) is 25.1 Å². The number of amides is 1. The van der Waals surface area contributed by atoms with E-state index in [1.807, 2.05) is 30.5 Å². The van der Waals surface area contributed by atoms with Crippen LogP contribution in [0, 0.1) is 13.8 Å². The highest BCUT2D eigenvalue weighted by Gasteiger charge is 2.28. The second-order valence-corrected chi connectivity index (χ2v) is 11.6. The topological polar surface area (TPSA) is 102 Å². The highest BCUT2D eigenvalue weighted by atomic mass is 35.5. The molecule has 1 aromatic heterocycles. The van der Waals surface area contributed by atoms with Crippen LogP contribution < -0.4 is 19.2 Å². The Morgan fingerprint density at radius 1 is 0.951 bits per heavy atom. The van der Waals surface area contributed by atoms with Crippen molar-refractivity contribution in [3.63, 3.8) is 0 Å². The van der Waals surface area contributed by atoms with Crippen molar-refractivity contribution in [2.45, 2.75) is 18.7 Å². The maximum Gasteiger partial charge on any atom is 0.264 e. The van der Waals surface area contributed by atoms with E-state index in [0.717, 1.165) is 26.9 Å². The number of nitrogens with one attached hydrogen (secondary N) is 1. The summed E-state index contributed by atoms with van der Waals surface area (Å²) in [5, 5.41) is 4.98. The second-order valence-electron chi connectivity index (χ2n) is 8.92. The zero-order chi connectivity index (χ0) is 29.7. The quantitative estimate of drug-likeness (QED) is 0.181. The third-order valence-electron chi connectivity index (χ3n) is 6.30. The molecular formula is C29H28Cl2N4O5S. The number of anilines is 1. The second kappa shape index (κ2) is 12.7. The number of hydrogen-bond donors (Lipinski definition) is 1. The first kappa shape index (κ1) is 30.0. The first-order valence-corrected chi connectivity index (χ1v) is 14.5. The largest absolute Gasteiger partial charge is 0.493 e. The maximum atomic E-state index is 13.7. The van der Waals surface area contributed by atoms with Crippen molar-refractivity contribution in [3.8, 4) is 17.2 Å². The average molecular weight is 616 g/mol. The first-order valence-electron chi connectivity index (χ1n) is 12.3. The van der Waals surface area contributed by atoms with E-state index in [1.165, 1.54) is 38.6 Å². The van der Waals surface area contributed by atoms with Gasteiger partial charge in [-0.05, 0) is 62.4 Å². The van der Waals surface area contributed by atoms with E-state index in [-0.39, 0.29) is 10.6 Å². The molecule has 4 rings (SSSR count). The van der Waals surface area contributed by atoms with Gasteiger partial charge in [-0.25, -0.2) is 13.8 Å². The van der Waals surface area contributed by atoms with Crippen LogP contribution in [0.2, 0.25) is 10.0 Å². The number of benzene rings is 3. The number of methoxy groups -OCH3 is 2. The van der Waals surface area contributed by atoms with Gasteiger partial charge in [0.1, 0.15) is 6.54 Å². The number of sulfonamides is 1. The number of aromatic nitrogens is 1. The Bertz CT molecular complexity index is 1710. The molecule has 41 heavy (non-hydrogen) atoms. The Labute approximate surface area is 249 Å². The van der Waals surface area contributed by atoms with E-state index in [1.54, 1.807) is 42.5 Å². The molecule has 9 nitrogen and oxygen atoms in total. The van der Waals surface area contributed by atoms with Gasteiger partial charge in [0.15, 0.2) is 11.5 Å². The molecule has 0 atom stereocenters. The minimum absolute atomic E-state index is 0.0648. The number of carbonyl (C=O) groups excluding carboxylic acids is 1. The highest BCUT2D eigenvalue weighted by molar-refractivity contribution is 7.92. The van der Waals surface area contributed by atoms with Gasteiger partial charge < -0.3 is 14.0 Å². The number of ether oxygens (including phenoxy) is 2. The fourth-order valence-electron chi connectivity index (χ4n) is 4.29. The number of rotatable bonds is 10. The van der Waals surface area contributed by atoms with Crippen LogP contribution in [0.1, 0.15) is 17.0 Å². The molecule has 0 fully saturated rings. The number of carbonyl (C=O) groups is 1. The monoisotopic (exact) mass is 614 g/mol. The van der Waals surface area contributed by atoms with Crippen molar-refractivity contribution in [1.29, 1.82) is 0 Å². The molecule has 214 valence electrons. The minimum Gasteiger partial charge on any atom is -0.493 e. The summed E-state index contributed by atoms with van der Waals surface area (Å²) in [5.41, 5.74) is 6.12. The summed E-state index contributed by atoms with van der Waals surface area (Å²) in [7, 11) is -1.30. The Morgan fingerprint density at radius 3 is 2.32 bits per heavy atom. The van der Waals surface area contributed by atoms with Gasteiger partial charge in [0, 0.05) is 28.7 Å². The van der Waals surface area contributed by atoms with Gasteiger partial charge >= 0.3 is 0 Å². The molecule has 0 saturated carbocycles. The molecule has 0 bridgehead atoms. The fraction of sp³-hybridized carbons (Fsp3) is 0.172. The van der Waals surface area contributed by atoms with Gasteiger partial charge in [0.2, 0.25) is 0 Å². The van der Waals surface area contributed by atoms with Crippen molar-refractivity contribution >= 4 is 51.0 Å². The molecule has 0 saturated heterocycles. The molecule has 4 aromatic rings. The van der Waals surface area contributed by atoms with E-state index < -0.39 is 22.5 Å². The molecular weight excluding hydrogens is 587 g/mol. The van der Waals surface area contributed by atoms with E-state index in [9.17, 15) is 13.2 Å². The molecule has 12 heteroatoms. The number of hydrazone groups is 1. The summed E-state index contributed by atoms with van der Waals surface area (Å²) in [6.07, 6.45) is 1.50. The summed E-state index contributed by atoms with van der Waals surface area (Å²) < 4.78 is 40.9. The van der Waals surface area contributed by atoms with Crippen LogP contribution in [-0.2, 0) is 14.8 Å². The Morgan fingerprint density at radius 2 is 1.66 bits per heavy atom. The predicted octanol–water partition coefficient (Wildman–Crippen LogP) is 5.76. The Kier molecular flexibility index (Phi) is 9.27.